The van der Waals surface area contributed by atoms with Crippen molar-refractivity contribution in [3.8, 4) is 28.3 Å². The third kappa shape index (κ3) is 5.27. The van der Waals surface area contributed by atoms with Crippen molar-refractivity contribution in [3.05, 3.63) is 206 Å². The molecule has 62 heavy (non-hydrogen) atoms. The van der Waals surface area contributed by atoms with Crippen molar-refractivity contribution in [2.75, 3.05) is 4.90 Å². The van der Waals surface area contributed by atoms with Crippen molar-refractivity contribution in [2.45, 2.75) is 0 Å². The molecule has 0 atom stereocenters. The normalized spacial score (nSPS) is 11.9. The first-order valence-corrected chi connectivity index (χ1v) is 21.6. The fraction of sp³-hybridized carbons (Fsp3) is 0. The summed E-state index contributed by atoms with van der Waals surface area (Å²) in [6.07, 6.45) is 0. The van der Waals surface area contributed by atoms with E-state index in [9.17, 15) is 0 Å². The number of aromatic nitrogens is 3. The predicted molar refractivity (Wildman–Crippen MR) is 260 cm³/mol. The topological polar surface area (TPSA) is 47.1 Å². The molecule has 13 rings (SSSR count). The van der Waals surface area contributed by atoms with Gasteiger partial charge in [-0.15, -0.1) is 11.3 Å². The van der Waals surface area contributed by atoms with E-state index in [4.69, 9.17) is 14.4 Å². The van der Waals surface area contributed by atoms with Crippen molar-refractivity contribution in [1.29, 1.82) is 0 Å². The number of anilines is 3. The number of hydrogen-bond acceptors (Lipinski definition) is 5. The highest BCUT2D eigenvalue weighted by Crippen LogP contribution is 2.47. The molecule has 0 fully saturated rings. The zero-order valence-corrected chi connectivity index (χ0v) is 34.1. The van der Waals surface area contributed by atoms with E-state index in [0.29, 0.717) is 5.95 Å². The Bertz CT molecular complexity index is 3810. The molecule has 9 aromatic carbocycles. The molecule has 0 N–H and O–H groups in total. The van der Waals surface area contributed by atoms with Gasteiger partial charge in [-0.25, -0.2) is 9.97 Å². The smallest absolute Gasteiger partial charge is 0.235 e. The van der Waals surface area contributed by atoms with E-state index in [-0.39, 0.29) is 0 Å². The van der Waals surface area contributed by atoms with E-state index >= 15 is 0 Å². The van der Waals surface area contributed by atoms with Crippen LogP contribution in [0, 0.1) is 0 Å². The molecule has 0 aliphatic rings. The van der Waals surface area contributed by atoms with Crippen LogP contribution in [0.3, 0.4) is 0 Å². The van der Waals surface area contributed by atoms with Gasteiger partial charge >= 0.3 is 0 Å². The number of rotatable bonds is 6. The molecular formula is C56H34N4OS. The molecule has 0 aliphatic carbocycles. The Kier molecular flexibility index (Phi) is 7.71. The highest BCUT2D eigenvalue weighted by atomic mass is 32.1. The Balaban J connectivity index is 1.07. The summed E-state index contributed by atoms with van der Waals surface area (Å²) in [5.41, 5.74) is 12.3. The first kappa shape index (κ1) is 34.8. The van der Waals surface area contributed by atoms with Crippen molar-refractivity contribution >= 4 is 103 Å². The van der Waals surface area contributed by atoms with Gasteiger partial charge in [0.2, 0.25) is 5.95 Å². The van der Waals surface area contributed by atoms with Gasteiger partial charge in [-0.2, -0.15) is 0 Å². The fourth-order valence-corrected chi connectivity index (χ4v) is 10.5. The van der Waals surface area contributed by atoms with E-state index in [0.717, 1.165) is 98.4 Å². The molecule has 5 nitrogen and oxygen atoms in total. The molecule has 4 aromatic heterocycles. The second-order valence-electron chi connectivity index (χ2n) is 15.7. The largest absolute Gasteiger partial charge is 0.455 e. The van der Waals surface area contributed by atoms with E-state index in [1.165, 1.54) is 15.8 Å². The van der Waals surface area contributed by atoms with E-state index in [1.54, 1.807) is 11.3 Å². The van der Waals surface area contributed by atoms with Crippen LogP contribution in [0.15, 0.2) is 211 Å². The molecule has 6 heteroatoms. The van der Waals surface area contributed by atoms with Gasteiger partial charge in [0.1, 0.15) is 11.2 Å². The van der Waals surface area contributed by atoms with Crippen LogP contribution in [0.1, 0.15) is 0 Å². The van der Waals surface area contributed by atoms with Gasteiger partial charge in [-0.3, -0.25) is 4.57 Å². The van der Waals surface area contributed by atoms with Gasteiger partial charge in [-0.05, 0) is 65.7 Å². The summed E-state index contributed by atoms with van der Waals surface area (Å²) in [4.78, 5) is 13.3. The minimum Gasteiger partial charge on any atom is -0.455 e. The van der Waals surface area contributed by atoms with Gasteiger partial charge in [0.15, 0.2) is 0 Å². The summed E-state index contributed by atoms with van der Waals surface area (Å²) in [7, 11) is 0. The Hall–Kier alpha value is -8.06. The van der Waals surface area contributed by atoms with Crippen LogP contribution in [0.2, 0.25) is 0 Å². The Morgan fingerprint density at radius 1 is 0.435 bits per heavy atom. The van der Waals surface area contributed by atoms with Gasteiger partial charge in [0, 0.05) is 54.0 Å². The number of nitrogens with zero attached hydrogens (tertiary/aromatic N) is 4. The summed E-state index contributed by atoms with van der Waals surface area (Å²) in [5.74, 6) is 0.624. The monoisotopic (exact) mass is 810 g/mol. The number of fused-ring (bicyclic) bond motifs is 12. The molecule has 0 saturated carbocycles. The zero-order valence-electron chi connectivity index (χ0n) is 33.2. The third-order valence-corrected chi connectivity index (χ3v) is 13.4. The molecule has 0 unspecified atom stereocenters. The molecule has 0 amide bonds. The van der Waals surface area contributed by atoms with Crippen LogP contribution < -0.4 is 4.90 Å². The molecule has 290 valence electrons. The highest BCUT2D eigenvalue weighted by molar-refractivity contribution is 7.26. The minimum atomic E-state index is 0.624. The van der Waals surface area contributed by atoms with Crippen molar-refractivity contribution in [1.82, 2.24) is 14.5 Å². The summed E-state index contributed by atoms with van der Waals surface area (Å²) >= 11 is 1.75. The molecule has 4 heterocycles. The molecular weight excluding hydrogens is 777 g/mol. The van der Waals surface area contributed by atoms with Crippen molar-refractivity contribution in [3.63, 3.8) is 0 Å². The van der Waals surface area contributed by atoms with Crippen molar-refractivity contribution in [2.24, 2.45) is 0 Å². The van der Waals surface area contributed by atoms with Crippen molar-refractivity contribution < 1.29 is 4.42 Å². The SMILES string of the molecule is c1ccc(-c2ccc(-c3nc(-n4c5ccccc5c5c6oc7c8ccccc8c(N(c8ccccc8)c8ccccc8)cc7c6ccc54)nc4c3sc3ccccc34)cc2)cc1. The lowest BCUT2D eigenvalue weighted by Crippen LogP contribution is -2.10. The summed E-state index contributed by atoms with van der Waals surface area (Å²) in [6.45, 7) is 0. The van der Waals surface area contributed by atoms with Crippen LogP contribution in [-0.2, 0) is 0 Å². The molecule has 0 radical (unpaired) electrons. The van der Waals surface area contributed by atoms with Crippen LogP contribution in [0.5, 0.6) is 0 Å². The zero-order chi connectivity index (χ0) is 40.7. The van der Waals surface area contributed by atoms with Gasteiger partial charge in [-0.1, -0.05) is 152 Å². The molecule has 0 aliphatic heterocycles. The Morgan fingerprint density at radius 2 is 1.02 bits per heavy atom. The molecule has 0 spiro atoms. The quantitative estimate of drug-likeness (QED) is 0.168. The molecule has 0 saturated heterocycles. The number of para-hydroxylation sites is 3. The molecule has 13 aromatic rings. The van der Waals surface area contributed by atoms with Gasteiger partial charge in [0.25, 0.3) is 0 Å². The lowest BCUT2D eigenvalue weighted by Gasteiger charge is -2.27. The van der Waals surface area contributed by atoms with Crippen LogP contribution >= 0.6 is 11.3 Å². The van der Waals surface area contributed by atoms with Crippen LogP contribution in [0.25, 0.3) is 103 Å². The maximum Gasteiger partial charge on any atom is 0.235 e. The third-order valence-electron chi connectivity index (χ3n) is 12.2. The summed E-state index contributed by atoms with van der Waals surface area (Å²) in [5, 5.41) is 7.54. The summed E-state index contributed by atoms with van der Waals surface area (Å²) < 4.78 is 11.7. The Labute approximate surface area is 360 Å². The lowest BCUT2D eigenvalue weighted by atomic mass is 10.0. The minimum absolute atomic E-state index is 0.624. The average molecular weight is 811 g/mol. The number of furan rings is 1. The maximum absolute atomic E-state index is 7.17. The molecule has 0 bridgehead atoms. The fourth-order valence-electron chi connectivity index (χ4n) is 9.40. The summed E-state index contributed by atoms with van der Waals surface area (Å²) in [6, 6.07) is 72.9. The first-order chi connectivity index (χ1) is 30.8. The van der Waals surface area contributed by atoms with E-state index in [2.05, 4.69) is 216 Å². The second kappa shape index (κ2) is 13.7. The van der Waals surface area contributed by atoms with Gasteiger partial charge in [0.05, 0.1) is 38.0 Å². The maximum atomic E-state index is 7.17. The van der Waals surface area contributed by atoms with E-state index < -0.39 is 0 Å². The van der Waals surface area contributed by atoms with Crippen LogP contribution in [0.4, 0.5) is 17.1 Å². The predicted octanol–water partition coefficient (Wildman–Crippen LogP) is 15.8. The van der Waals surface area contributed by atoms with E-state index in [1.807, 2.05) is 0 Å². The number of thiophene rings is 1. The standard InChI is InChI=1S/C56H34N4OS/c1-4-16-35(17-5-1)36-28-30-37(31-29-36)51-55-52(44-25-13-15-27-49(44)62-55)58-56(57-51)60-46-26-14-12-24-43(46)50-47(60)33-32-42-45-34-48(40-22-10-11-23-41(40)53(45)61-54(42)50)59(38-18-6-2-7-19-38)39-20-8-3-9-21-39/h1-34H. The Morgan fingerprint density at radius 3 is 1.76 bits per heavy atom. The van der Waals surface area contributed by atoms with Crippen LogP contribution in [-0.4, -0.2) is 14.5 Å². The second-order valence-corrected chi connectivity index (χ2v) is 16.8. The number of hydrogen-bond donors (Lipinski definition) is 0. The number of benzene rings is 9. The lowest BCUT2D eigenvalue weighted by molar-refractivity contribution is 0.676. The van der Waals surface area contributed by atoms with Gasteiger partial charge < -0.3 is 9.32 Å². The first-order valence-electron chi connectivity index (χ1n) is 20.8. The average Bonchev–Trinajstić information content (AvgIpc) is 4.02. The highest BCUT2D eigenvalue weighted by Gasteiger charge is 2.25.